The van der Waals surface area contributed by atoms with Crippen LogP contribution >= 0.6 is 0 Å². The van der Waals surface area contributed by atoms with E-state index in [4.69, 9.17) is 9.15 Å². The Hall–Kier alpha value is -2.31. The van der Waals surface area contributed by atoms with Crippen LogP contribution in [0.1, 0.15) is 16.1 Å². The van der Waals surface area contributed by atoms with Crippen molar-refractivity contribution in [3.63, 3.8) is 0 Å². The maximum Gasteiger partial charge on any atom is 0.336 e. The summed E-state index contributed by atoms with van der Waals surface area (Å²) < 4.78 is 9.79. The Morgan fingerprint density at radius 3 is 3.00 bits per heavy atom. The largest absolute Gasteiger partial charge is 0.469 e. The summed E-state index contributed by atoms with van der Waals surface area (Å²) in [6.07, 6.45) is 1.45. The smallest absolute Gasteiger partial charge is 0.336 e. The molecule has 0 fully saturated rings. The van der Waals surface area contributed by atoms with Crippen LogP contribution in [0.15, 0.2) is 16.7 Å². The van der Waals surface area contributed by atoms with Crippen molar-refractivity contribution < 1.29 is 13.9 Å². The number of ether oxygens (including phenoxy) is 1. The van der Waals surface area contributed by atoms with Gasteiger partial charge in [0, 0.05) is 0 Å². The van der Waals surface area contributed by atoms with Gasteiger partial charge in [-0.2, -0.15) is 4.98 Å². The van der Waals surface area contributed by atoms with Crippen molar-refractivity contribution in [3.8, 4) is 6.01 Å². The lowest BCUT2D eigenvalue weighted by Gasteiger charge is -1.98. The molecule has 2 aromatic rings. The SMILES string of the molecule is COc1n[nH]c(NC(=O)c2ccoc2C)n1. The van der Waals surface area contributed by atoms with Gasteiger partial charge in [0.15, 0.2) is 0 Å². The highest BCUT2D eigenvalue weighted by Crippen LogP contribution is 2.11. The molecule has 0 aliphatic carbocycles. The molecule has 7 heteroatoms. The van der Waals surface area contributed by atoms with Crippen molar-refractivity contribution in [2.45, 2.75) is 6.92 Å². The number of amides is 1. The summed E-state index contributed by atoms with van der Waals surface area (Å²) in [6, 6.07) is 1.75. The molecule has 0 saturated carbocycles. The molecular formula is C9H10N4O3. The number of nitrogens with zero attached hydrogens (tertiary/aromatic N) is 2. The lowest BCUT2D eigenvalue weighted by molar-refractivity contribution is 0.102. The van der Waals surface area contributed by atoms with Crippen molar-refractivity contribution in [2.75, 3.05) is 12.4 Å². The van der Waals surface area contributed by atoms with Crippen LogP contribution in [0.2, 0.25) is 0 Å². The molecule has 2 rings (SSSR count). The quantitative estimate of drug-likeness (QED) is 0.806. The number of hydrogen-bond donors (Lipinski definition) is 2. The molecule has 0 aliphatic rings. The second-order valence-corrected chi connectivity index (χ2v) is 3.02. The Balaban J connectivity index is 2.11. The zero-order valence-electron chi connectivity index (χ0n) is 8.77. The second-order valence-electron chi connectivity index (χ2n) is 3.02. The fourth-order valence-corrected chi connectivity index (χ4v) is 1.19. The normalized spacial score (nSPS) is 10.1. The number of carbonyl (C=O) groups is 1. The number of anilines is 1. The molecule has 2 aromatic heterocycles. The van der Waals surface area contributed by atoms with Gasteiger partial charge in [0.25, 0.3) is 5.91 Å². The molecule has 2 heterocycles. The fourth-order valence-electron chi connectivity index (χ4n) is 1.19. The first-order valence-corrected chi connectivity index (χ1v) is 4.52. The van der Waals surface area contributed by atoms with E-state index >= 15 is 0 Å². The van der Waals surface area contributed by atoms with Crippen molar-refractivity contribution in [3.05, 3.63) is 23.7 Å². The Labute approximate surface area is 90.8 Å². The van der Waals surface area contributed by atoms with Crippen LogP contribution in [0.3, 0.4) is 0 Å². The Morgan fingerprint density at radius 2 is 2.44 bits per heavy atom. The third-order valence-electron chi connectivity index (χ3n) is 1.98. The standard InChI is InChI=1S/C9H10N4O3/c1-5-6(3-4-16-5)7(14)10-8-11-9(15-2)13-12-8/h3-4H,1-2H3,(H2,10,11,12,13,14). The van der Waals surface area contributed by atoms with Crippen LogP contribution < -0.4 is 10.1 Å². The van der Waals surface area contributed by atoms with Crippen molar-refractivity contribution in [1.82, 2.24) is 15.2 Å². The van der Waals surface area contributed by atoms with E-state index in [2.05, 4.69) is 20.5 Å². The molecular weight excluding hydrogens is 212 g/mol. The molecule has 16 heavy (non-hydrogen) atoms. The van der Waals surface area contributed by atoms with Crippen LogP contribution in [-0.4, -0.2) is 28.2 Å². The second kappa shape index (κ2) is 4.05. The van der Waals surface area contributed by atoms with Gasteiger partial charge < -0.3 is 9.15 Å². The lowest BCUT2D eigenvalue weighted by atomic mass is 10.2. The molecule has 84 valence electrons. The molecule has 2 N–H and O–H groups in total. The highest BCUT2D eigenvalue weighted by molar-refractivity contribution is 6.03. The van der Waals surface area contributed by atoms with E-state index in [1.54, 1.807) is 13.0 Å². The minimum atomic E-state index is -0.315. The van der Waals surface area contributed by atoms with E-state index in [-0.39, 0.29) is 17.9 Å². The minimum absolute atomic E-state index is 0.166. The van der Waals surface area contributed by atoms with Gasteiger partial charge in [0.2, 0.25) is 5.95 Å². The summed E-state index contributed by atoms with van der Waals surface area (Å²) in [5, 5.41) is 8.75. The number of aromatic amines is 1. The van der Waals surface area contributed by atoms with Crippen LogP contribution in [0, 0.1) is 6.92 Å². The fraction of sp³-hybridized carbons (Fsp3) is 0.222. The number of carbonyl (C=O) groups excluding carboxylic acids is 1. The molecule has 0 spiro atoms. The first kappa shape index (κ1) is 10.2. The molecule has 0 bridgehead atoms. The minimum Gasteiger partial charge on any atom is -0.469 e. The molecule has 0 saturated heterocycles. The molecule has 0 aliphatic heterocycles. The van der Waals surface area contributed by atoms with Gasteiger partial charge in [0.05, 0.1) is 18.9 Å². The van der Waals surface area contributed by atoms with Gasteiger partial charge in [0.1, 0.15) is 5.76 Å². The predicted octanol–water partition coefficient (Wildman–Crippen LogP) is 0.967. The van der Waals surface area contributed by atoms with E-state index in [9.17, 15) is 4.79 Å². The van der Waals surface area contributed by atoms with Crippen molar-refractivity contribution >= 4 is 11.9 Å². The zero-order valence-corrected chi connectivity index (χ0v) is 8.77. The molecule has 0 radical (unpaired) electrons. The first-order chi connectivity index (χ1) is 7.70. The topological polar surface area (TPSA) is 93.0 Å². The van der Waals surface area contributed by atoms with Gasteiger partial charge in [-0.05, 0) is 13.0 Å². The number of hydrogen-bond acceptors (Lipinski definition) is 5. The number of aryl methyl sites for hydroxylation is 1. The maximum absolute atomic E-state index is 11.7. The number of H-pyrrole nitrogens is 1. The third-order valence-corrected chi connectivity index (χ3v) is 1.98. The Kier molecular flexibility index (Phi) is 2.59. The average Bonchev–Trinajstić information content (AvgIpc) is 2.86. The zero-order chi connectivity index (χ0) is 11.5. The van der Waals surface area contributed by atoms with Gasteiger partial charge in [-0.3, -0.25) is 10.1 Å². The van der Waals surface area contributed by atoms with Crippen LogP contribution in [0.5, 0.6) is 6.01 Å². The summed E-state index contributed by atoms with van der Waals surface area (Å²) in [4.78, 5) is 15.6. The van der Waals surface area contributed by atoms with Crippen LogP contribution in [-0.2, 0) is 0 Å². The van der Waals surface area contributed by atoms with E-state index in [0.717, 1.165) is 0 Å². The lowest BCUT2D eigenvalue weighted by Crippen LogP contribution is -2.13. The number of nitrogens with one attached hydrogen (secondary N) is 2. The molecule has 1 amide bonds. The van der Waals surface area contributed by atoms with Gasteiger partial charge in [-0.1, -0.05) is 0 Å². The van der Waals surface area contributed by atoms with E-state index in [1.165, 1.54) is 13.4 Å². The van der Waals surface area contributed by atoms with Gasteiger partial charge in [-0.25, -0.2) is 5.10 Å². The Morgan fingerprint density at radius 1 is 1.62 bits per heavy atom. The maximum atomic E-state index is 11.7. The summed E-state index contributed by atoms with van der Waals surface area (Å²) in [5.74, 6) is 0.455. The predicted molar refractivity (Wildman–Crippen MR) is 54.3 cm³/mol. The van der Waals surface area contributed by atoms with E-state index < -0.39 is 0 Å². The van der Waals surface area contributed by atoms with Crippen LogP contribution in [0.4, 0.5) is 5.95 Å². The van der Waals surface area contributed by atoms with Gasteiger partial charge in [-0.15, -0.1) is 5.10 Å². The first-order valence-electron chi connectivity index (χ1n) is 4.52. The number of aromatic nitrogens is 3. The summed E-state index contributed by atoms with van der Waals surface area (Å²) in [6.45, 7) is 1.70. The van der Waals surface area contributed by atoms with Crippen molar-refractivity contribution in [1.29, 1.82) is 0 Å². The number of methoxy groups -OCH3 is 1. The summed E-state index contributed by atoms with van der Waals surface area (Å²) in [7, 11) is 1.44. The molecule has 0 aromatic carbocycles. The summed E-state index contributed by atoms with van der Waals surface area (Å²) >= 11 is 0. The number of furan rings is 1. The number of rotatable bonds is 3. The molecule has 0 atom stereocenters. The third kappa shape index (κ3) is 1.88. The summed E-state index contributed by atoms with van der Waals surface area (Å²) in [5.41, 5.74) is 0.454. The van der Waals surface area contributed by atoms with Crippen molar-refractivity contribution in [2.24, 2.45) is 0 Å². The highest BCUT2D eigenvalue weighted by Gasteiger charge is 2.13. The Bertz CT molecular complexity index is 502. The van der Waals surface area contributed by atoms with Gasteiger partial charge >= 0.3 is 6.01 Å². The average molecular weight is 222 g/mol. The molecule has 7 nitrogen and oxygen atoms in total. The monoisotopic (exact) mass is 222 g/mol. The van der Waals surface area contributed by atoms with E-state index in [0.29, 0.717) is 11.3 Å². The van der Waals surface area contributed by atoms with Crippen LogP contribution in [0.25, 0.3) is 0 Å². The highest BCUT2D eigenvalue weighted by atomic mass is 16.5. The van der Waals surface area contributed by atoms with E-state index in [1.807, 2.05) is 0 Å². The molecule has 0 unspecified atom stereocenters.